The number of rotatable bonds is 8. The molecule has 0 aromatic heterocycles. The van der Waals surface area contributed by atoms with Crippen molar-refractivity contribution in [2.75, 3.05) is 30.7 Å². The van der Waals surface area contributed by atoms with Gasteiger partial charge in [-0.3, -0.25) is 14.3 Å². The first-order chi connectivity index (χ1) is 15.6. The van der Waals surface area contributed by atoms with Crippen molar-refractivity contribution >= 4 is 33.2 Å². The van der Waals surface area contributed by atoms with Crippen LogP contribution < -0.4 is 14.8 Å². The molecule has 0 aliphatic carbocycles. The lowest BCUT2D eigenvalue weighted by molar-refractivity contribution is -0.130. The van der Waals surface area contributed by atoms with Crippen LogP contribution in [0.25, 0.3) is 0 Å². The Bertz CT molecular complexity index is 1230. The summed E-state index contributed by atoms with van der Waals surface area (Å²) in [4.78, 5) is 25.4. The van der Waals surface area contributed by atoms with Gasteiger partial charge >= 0.3 is 0 Å². The first-order valence-corrected chi connectivity index (χ1v) is 11.3. The minimum atomic E-state index is -3.88. The molecule has 0 aliphatic rings. The van der Waals surface area contributed by atoms with E-state index in [4.69, 9.17) is 4.74 Å². The molecule has 0 fully saturated rings. The van der Waals surface area contributed by atoms with Gasteiger partial charge in [0.05, 0.1) is 4.90 Å². The van der Waals surface area contributed by atoms with E-state index in [0.717, 1.165) is 24.3 Å². The Morgan fingerprint density at radius 3 is 2.03 bits per heavy atom. The van der Waals surface area contributed by atoms with Crippen LogP contribution in [0.5, 0.6) is 5.75 Å². The summed E-state index contributed by atoms with van der Waals surface area (Å²) in [6.45, 7) is -0.0873. The van der Waals surface area contributed by atoms with Crippen LogP contribution in [0.1, 0.15) is 10.4 Å². The van der Waals surface area contributed by atoms with Crippen LogP contribution in [0.3, 0.4) is 0 Å². The zero-order valence-electron chi connectivity index (χ0n) is 17.9. The standard InChI is InChI=1S/C23H22FN3O5S/c1-27(2)22(28)15-32-20-11-9-18(10-12-20)25-23(29)16-3-7-19(8-4-16)26-33(30,31)21-13-5-17(24)6-14-21/h3-14,26H,15H2,1-2H3,(H,25,29). The third kappa shape index (κ3) is 6.53. The molecular formula is C23H22FN3O5S. The normalized spacial score (nSPS) is 10.9. The molecule has 0 atom stereocenters. The molecule has 3 rings (SSSR count). The number of benzene rings is 3. The average molecular weight is 472 g/mol. The summed E-state index contributed by atoms with van der Waals surface area (Å²) >= 11 is 0. The number of ether oxygens (including phenoxy) is 1. The fourth-order valence-corrected chi connectivity index (χ4v) is 3.69. The van der Waals surface area contributed by atoms with Crippen LogP contribution >= 0.6 is 0 Å². The Morgan fingerprint density at radius 1 is 0.879 bits per heavy atom. The highest BCUT2D eigenvalue weighted by Crippen LogP contribution is 2.19. The highest BCUT2D eigenvalue weighted by atomic mass is 32.2. The maximum atomic E-state index is 13.0. The van der Waals surface area contributed by atoms with Crippen LogP contribution in [-0.2, 0) is 14.8 Å². The second kappa shape index (κ2) is 10.1. The first-order valence-electron chi connectivity index (χ1n) is 9.77. The van der Waals surface area contributed by atoms with Crippen molar-refractivity contribution in [3.63, 3.8) is 0 Å². The zero-order chi connectivity index (χ0) is 24.0. The van der Waals surface area contributed by atoms with E-state index in [2.05, 4.69) is 10.0 Å². The van der Waals surface area contributed by atoms with Gasteiger partial charge in [-0.2, -0.15) is 0 Å². The van der Waals surface area contributed by atoms with Gasteiger partial charge < -0.3 is 15.0 Å². The molecular weight excluding hydrogens is 449 g/mol. The lowest BCUT2D eigenvalue weighted by atomic mass is 10.2. The zero-order valence-corrected chi connectivity index (χ0v) is 18.7. The lowest BCUT2D eigenvalue weighted by Crippen LogP contribution is -2.27. The topological polar surface area (TPSA) is 105 Å². The third-order valence-electron chi connectivity index (χ3n) is 4.50. The molecule has 0 spiro atoms. The van der Waals surface area contributed by atoms with Crippen molar-refractivity contribution < 1.29 is 27.1 Å². The number of carbonyl (C=O) groups excluding carboxylic acids is 2. The van der Waals surface area contributed by atoms with Gasteiger partial charge in [-0.25, -0.2) is 12.8 Å². The Balaban J connectivity index is 1.59. The molecule has 0 saturated carbocycles. The van der Waals surface area contributed by atoms with Gasteiger partial charge in [-0.05, 0) is 72.8 Å². The molecule has 0 unspecified atom stereocenters. The Hall–Kier alpha value is -3.92. The number of carbonyl (C=O) groups is 2. The summed E-state index contributed by atoms with van der Waals surface area (Å²) in [5.74, 6) is -0.609. The van der Waals surface area contributed by atoms with Crippen molar-refractivity contribution in [2.45, 2.75) is 4.90 Å². The maximum absolute atomic E-state index is 13.0. The number of hydrogen-bond donors (Lipinski definition) is 2. The fraction of sp³-hybridized carbons (Fsp3) is 0.130. The van der Waals surface area contributed by atoms with Gasteiger partial charge in [0.25, 0.3) is 21.8 Å². The summed E-state index contributed by atoms with van der Waals surface area (Å²) in [5, 5.41) is 2.72. The molecule has 0 heterocycles. The largest absolute Gasteiger partial charge is 0.484 e. The van der Waals surface area contributed by atoms with E-state index < -0.39 is 15.8 Å². The van der Waals surface area contributed by atoms with Crippen molar-refractivity contribution in [1.29, 1.82) is 0 Å². The van der Waals surface area contributed by atoms with E-state index in [-0.39, 0.29) is 29.0 Å². The average Bonchev–Trinajstić information content (AvgIpc) is 2.78. The molecule has 0 saturated heterocycles. The molecule has 10 heteroatoms. The van der Waals surface area contributed by atoms with Gasteiger partial charge in [0.15, 0.2) is 6.61 Å². The van der Waals surface area contributed by atoms with Gasteiger partial charge in [0.1, 0.15) is 11.6 Å². The fourth-order valence-electron chi connectivity index (χ4n) is 2.63. The molecule has 2 N–H and O–H groups in total. The highest BCUT2D eigenvalue weighted by molar-refractivity contribution is 7.92. The maximum Gasteiger partial charge on any atom is 0.261 e. The molecule has 0 radical (unpaired) electrons. The van der Waals surface area contributed by atoms with E-state index in [1.165, 1.54) is 29.2 Å². The number of hydrogen-bond acceptors (Lipinski definition) is 5. The van der Waals surface area contributed by atoms with E-state index in [9.17, 15) is 22.4 Å². The number of halogens is 1. The molecule has 172 valence electrons. The number of nitrogens with one attached hydrogen (secondary N) is 2. The van der Waals surface area contributed by atoms with Crippen molar-refractivity contribution in [2.24, 2.45) is 0 Å². The van der Waals surface area contributed by atoms with E-state index in [1.54, 1.807) is 38.4 Å². The quantitative estimate of drug-likeness (QED) is 0.524. The summed E-state index contributed by atoms with van der Waals surface area (Å²) in [6, 6.07) is 16.8. The minimum absolute atomic E-state index is 0.0794. The molecule has 3 aromatic carbocycles. The molecule has 8 nitrogen and oxygen atoms in total. The summed E-state index contributed by atoms with van der Waals surface area (Å²) in [7, 11) is -0.611. The van der Waals surface area contributed by atoms with Gasteiger partial charge in [-0.1, -0.05) is 0 Å². The summed E-state index contributed by atoms with van der Waals surface area (Å²) in [6.07, 6.45) is 0. The number of sulfonamides is 1. The van der Waals surface area contributed by atoms with Crippen LogP contribution in [-0.4, -0.2) is 45.8 Å². The lowest BCUT2D eigenvalue weighted by Gasteiger charge is -2.12. The number of nitrogens with zero attached hydrogens (tertiary/aromatic N) is 1. The Labute approximate surface area is 191 Å². The number of likely N-dealkylation sites (N-methyl/N-ethyl adjacent to an activating group) is 1. The van der Waals surface area contributed by atoms with Gasteiger partial charge in [-0.15, -0.1) is 0 Å². The minimum Gasteiger partial charge on any atom is -0.484 e. The van der Waals surface area contributed by atoms with E-state index >= 15 is 0 Å². The molecule has 0 bridgehead atoms. The van der Waals surface area contributed by atoms with E-state index in [1.807, 2.05) is 0 Å². The summed E-state index contributed by atoms with van der Waals surface area (Å²) < 4.78 is 45.5. The highest BCUT2D eigenvalue weighted by Gasteiger charge is 2.15. The first kappa shape index (κ1) is 23.7. The van der Waals surface area contributed by atoms with E-state index in [0.29, 0.717) is 17.0 Å². The van der Waals surface area contributed by atoms with Crippen LogP contribution in [0.2, 0.25) is 0 Å². The molecule has 3 aromatic rings. The third-order valence-corrected chi connectivity index (χ3v) is 5.89. The molecule has 33 heavy (non-hydrogen) atoms. The van der Waals surface area contributed by atoms with Crippen molar-refractivity contribution in [3.8, 4) is 5.75 Å². The summed E-state index contributed by atoms with van der Waals surface area (Å²) in [5.41, 5.74) is 1.09. The predicted octanol–water partition coefficient (Wildman–Crippen LogP) is 3.35. The predicted molar refractivity (Wildman–Crippen MR) is 122 cm³/mol. The second-order valence-electron chi connectivity index (χ2n) is 7.19. The van der Waals surface area contributed by atoms with Gasteiger partial charge in [0.2, 0.25) is 0 Å². The monoisotopic (exact) mass is 471 g/mol. The molecule has 2 amide bonds. The van der Waals surface area contributed by atoms with Crippen LogP contribution in [0.4, 0.5) is 15.8 Å². The van der Waals surface area contributed by atoms with Crippen LogP contribution in [0.15, 0.2) is 77.7 Å². The van der Waals surface area contributed by atoms with Crippen molar-refractivity contribution in [1.82, 2.24) is 4.90 Å². The second-order valence-corrected chi connectivity index (χ2v) is 8.87. The van der Waals surface area contributed by atoms with Crippen molar-refractivity contribution in [3.05, 3.63) is 84.2 Å². The van der Waals surface area contributed by atoms with Crippen LogP contribution in [0, 0.1) is 5.82 Å². The Morgan fingerprint density at radius 2 is 1.45 bits per heavy atom. The number of anilines is 2. The SMILES string of the molecule is CN(C)C(=O)COc1ccc(NC(=O)c2ccc(NS(=O)(=O)c3ccc(F)cc3)cc2)cc1. The van der Waals surface area contributed by atoms with Gasteiger partial charge in [0, 0.05) is 31.0 Å². The smallest absolute Gasteiger partial charge is 0.261 e. The molecule has 0 aliphatic heterocycles. The Kier molecular flexibility index (Phi) is 7.29. The number of amides is 2.